The summed E-state index contributed by atoms with van der Waals surface area (Å²) in [5.74, 6) is -0.284. The average Bonchev–Trinajstić information content (AvgIpc) is 2.32. The van der Waals surface area contributed by atoms with Crippen LogP contribution in [0.25, 0.3) is 0 Å². The van der Waals surface area contributed by atoms with E-state index in [2.05, 4.69) is 26.6 Å². The van der Waals surface area contributed by atoms with Gasteiger partial charge >= 0.3 is 0 Å². The molecule has 18 heavy (non-hydrogen) atoms. The van der Waals surface area contributed by atoms with Crippen molar-refractivity contribution in [2.45, 2.75) is 20.4 Å². The van der Waals surface area contributed by atoms with Gasteiger partial charge in [0.2, 0.25) is 5.91 Å². The maximum atomic E-state index is 13.5. The third-order valence-corrected chi connectivity index (χ3v) is 3.23. The topological polar surface area (TPSA) is 41.1 Å². The van der Waals surface area contributed by atoms with E-state index in [0.717, 1.165) is 4.47 Å². The van der Waals surface area contributed by atoms with Gasteiger partial charge in [-0.1, -0.05) is 15.9 Å². The highest BCUT2D eigenvalue weighted by Gasteiger charge is 2.25. The van der Waals surface area contributed by atoms with Crippen molar-refractivity contribution in [2.24, 2.45) is 5.41 Å². The molecule has 0 saturated carbocycles. The molecule has 5 heteroatoms. The third-order valence-electron chi connectivity index (χ3n) is 2.73. The molecule has 0 atom stereocenters. The second-order valence-electron chi connectivity index (χ2n) is 4.80. The minimum Gasteiger partial charge on any atom is -0.359 e. The Morgan fingerprint density at radius 3 is 2.72 bits per heavy atom. The van der Waals surface area contributed by atoms with E-state index in [4.69, 9.17) is 0 Å². The first-order valence-corrected chi connectivity index (χ1v) is 6.53. The Bertz CT molecular complexity index is 435. The highest BCUT2D eigenvalue weighted by molar-refractivity contribution is 9.10. The van der Waals surface area contributed by atoms with Crippen molar-refractivity contribution in [3.8, 4) is 0 Å². The molecule has 1 aromatic rings. The summed E-state index contributed by atoms with van der Waals surface area (Å²) in [6.45, 7) is 4.57. The number of amides is 1. The van der Waals surface area contributed by atoms with Crippen molar-refractivity contribution in [3.05, 3.63) is 34.1 Å². The third kappa shape index (κ3) is 4.07. The van der Waals surface area contributed by atoms with Crippen molar-refractivity contribution in [1.82, 2.24) is 10.6 Å². The van der Waals surface area contributed by atoms with Gasteiger partial charge in [0.05, 0.1) is 5.41 Å². The minimum atomic E-state index is -0.517. The van der Waals surface area contributed by atoms with Crippen LogP contribution in [0.3, 0.4) is 0 Å². The molecule has 1 aromatic carbocycles. The lowest BCUT2D eigenvalue weighted by Crippen LogP contribution is -2.41. The largest absolute Gasteiger partial charge is 0.359 e. The van der Waals surface area contributed by atoms with Gasteiger partial charge in [0.1, 0.15) is 5.82 Å². The quantitative estimate of drug-likeness (QED) is 0.876. The Balaban J connectivity index is 2.56. The Hall–Kier alpha value is -0.940. The summed E-state index contributed by atoms with van der Waals surface area (Å²) in [5.41, 5.74) is 0.0640. The summed E-state index contributed by atoms with van der Waals surface area (Å²) < 4.78 is 14.3. The van der Waals surface area contributed by atoms with Crippen LogP contribution in [0.2, 0.25) is 0 Å². The van der Waals surface area contributed by atoms with Crippen LogP contribution >= 0.6 is 15.9 Å². The first kappa shape index (κ1) is 15.1. The van der Waals surface area contributed by atoms with Gasteiger partial charge in [-0.2, -0.15) is 0 Å². The fourth-order valence-corrected chi connectivity index (χ4v) is 2.02. The predicted octanol–water partition coefficient (Wildman–Crippen LogP) is 2.45. The van der Waals surface area contributed by atoms with Gasteiger partial charge in [-0.05, 0) is 32.0 Å². The van der Waals surface area contributed by atoms with Crippen molar-refractivity contribution < 1.29 is 9.18 Å². The summed E-state index contributed by atoms with van der Waals surface area (Å²) in [6.07, 6.45) is 0. The fraction of sp³-hybridized carbons (Fsp3) is 0.462. The van der Waals surface area contributed by atoms with E-state index in [1.54, 1.807) is 19.2 Å². The predicted molar refractivity (Wildman–Crippen MR) is 73.7 cm³/mol. The van der Waals surface area contributed by atoms with Crippen LogP contribution in [0.5, 0.6) is 0 Å². The SMILES string of the molecule is CNC(=O)C(C)(C)CNCc1cc(Br)ccc1F. The number of hydrogen-bond acceptors (Lipinski definition) is 2. The zero-order valence-electron chi connectivity index (χ0n) is 10.8. The molecule has 100 valence electrons. The summed E-state index contributed by atoms with van der Waals surface area (Å²) in [7, 11) is 1.61. The Kier molecular flexibility index (Phi) is 5.28. The lowest BCUT2D eigenvalue weighted by molar-refractivity contribution is -0.128. The number of nitrogens with one attached hydrogen (secondary N) is 2. The van der Waals surface area contributed by atoms with Gasteiger partial charge in [0, 0.05) is 30.2 Å². The van der Waals surface area contributed by atoms with Crippen LogP contribution in [0, 0.1) is 11.2 Å². The van der Waals surface area contributed by atoms with Crippen LogP contribution in [-0.4, -0.2) is 19.5 Å². The monoisotopic (exact) mass is 316 g/mol. The van der Waals surface area contributed by atoms with Gasteiger partial charge in [0.15, 0.2) is 0 Å². The summed E-state index contributed by atoms with van der Waals surface area (Å²) >= 11 is 3.30. The molecular weight excluding hydrogens is 299 g/mol. The van der Waals surface area contributed by atoms with Gasteiger partial charge in [-0.15, -0.1) is 0 Å². The number of carbonyl (C=O) groups excluding carboxylic acids is 1. The van der Waals surface area contributed by atoms with Crippen molar-refractivity contribution in [1.29, 1.82) is 0 Å². The Morgan fingerprint density at radius 2 is 2.11 bits per heavy atom. The molecule has 0 saturated heterocycles. The molecule has 0 spiro atoms. The maximum Gasteiger partial charge on any atom is 0.226 e. The van der Waals surface area contributed by atoms with Crippen molar-refractivity contribution in [2.75, 3.05) is 13.6 Å². The van der Waals surface area contributed by atoms with E-state index in [0.29, 0.717) is 18.7 Å². The highest BCUT2D eigenvalue weighted by atomic mass is 79.9. The molecule has 0 aromatic heterocycles. The molecule has 2 N–H and O–H groups in total. The molecular formula is C13H18BrFN2O. The summed E-state index contributed by atoms with van der Waals surface area (Å²) in [5, 5.41) is 5.72. The minimum absolute atomic E-state index is 0.0373. The van der Waals surface area contributed by atoms with Crippen LogP contribution in [-0.2, 0) is 11.3 Å². The molecule has 0 aliphatic carbocycles. The molecule has 0 bridgehead atoms. The maximum absolute atomic E-state index is 13.5. The number of carbonyl (C=O) groups is 1. The molecule has 1 rings (SSSR count). The highest BCUT2D eigenvalue weighted by Crippen LogP contribution is 2.17. The number of rotatable bonds is 5. The molecule has 0 aliphatic rings. The lowest BCUT2D eigenvalue weighted by Gasteiger charge is -2.23. The van der Waals surface area contributed by atoms with E-state index in [1.165, 1.54) is 6.07 Å². The molecule has 0 heterocycles. The summed E-state index contributed by atoms with van der Waals surface area (Å²) in [6, 6.07) is 4.81. The molecule has 0 fully saturated rings. The standard InChI is InChI=1S/C13H18BrFN2O/c1-13(2,12(18)16-3)8-17-7-9-6-10(14)4-5-11(9)15/h4-6,17H,7-8H2,1-3H3,(H,16,18). The molecule has 1 amide bonds. The first-order valence-electron chi connectivity index (χ1n) is 5.73. The van der Waals surface area contributed by atoms with Crippen LogP contribution in [0.4, 0.5) is 4.39 Å². The number of benzene rings is 1. The Morgan fingerprint density at radius 1 is 1.44 bits per heavy atom. The van der Waals surface area contributed by atoms with E-state index in [1.807, 2.05) is 13.8 Å². The van der Waals surface area contributed by atoms with E-state index >= 15 is 0 Å². The normalized spacial score (nSPS) is 11.4. The van der Waals surface area contributed by atoms with Crippen LogP contribution in [0.1, 0.15) is 19.4 Å². The van der Waals surface area contributed by atoms with Gasteiger partial charge < -0.3 is 10.6 Å². The zero-order valence-corrected chi connectivity index (χ0v) is 12.4. The van der Waals surface area contributed by atoms with E-state index in [9.17, 15) is 9.18 Å². The van der Waals surface area contributed by atoms with Crippen molar-refractivity contribution >= 4 is 21.8 Å². The molecule has 3 nitrogen and oxygen atoms in total. The number of hydrogen-bond donors (Lipinski definition) is 2. The molecule has 0 radical (unpaired) electrons. The second kappa shape index (κ2) is 6.29. The van der Waals surface area contributed by atoms with Gasteiger partial charge in [-0.3, -0.25) is 4.79 Å². The molecule has 0 unspecified atom stereocenters. The molecule has 0 aliphatic heterocycles. The lowest BCUT2D eigenvalue weighted by atomic mass is 9.92. The van der Waals surface area contributed by atoms with Crippen LogP contribution < -0.4 is 10.6 Å². The zero-order chi connectivity index (χ0) is 13.8. The van der Waals surface area contributed by atoms with E-state index in [-0.39, 0.29) is 11.7 Å². The first-order chi connectivity index (χ1) is 8.36. The second-order valence-corrected chi connectivity index (χ2v) is 5.72. The van der Waals surface area contributed by atoms with E-state index < -0.39 is 5.41 Å². The average molecular weight is 317 g/mol. The van der Waals surface area contributed by atoms with Crippen molar-refractivity contribution in [3.63, 3.8) is 0 Å². The Labute approximate surface area is 115 Å². The smallest absolute Gasteiger partial charge is 0.226 e. The fourth-order valence-electron chi connectivity index (χ4n) is 1.61. The van der Waals surface area contributed by atoms with Crippen LogP contribution in [0.15, 0.2) is 22.7 Å². The number of halogens is 2. The summed E-state index contributed by atoms with van der Waals surface area (Å²) in [4.78, 5) is 11.6. The van der Waals surface area contributed by atoms with Gasteiger partial charge in [0.25, 0.3) is 0 Å². The van der Waals surface area contributed by atoms with Gasteiger partial charge in [-0.25, -0.2) is 4.39 Å².